The van der Waals surface area contributed by atoms with Gasteiger partial charge in [-0.25, -0.2) is 0 Å². The number of carbonyl (C=O) groups excluding carboxylic acids is 1. The fourth-order valence-corrected chi connectivity index (χ4v) is 3.99. The van der Waals surface area contributed by atoms with Crippen molar-refractivity contribution in [3.8, 4) is 0 Å². The van der Waals surface area contributed by atoms with Crippen LogP contribution >= 0.6 is 0 Å². The molecule has 3 atom stereocenters. The number of piperidine rings is 2. The summed E-state index contributed by atoms with van der Waals surface area (Å²) < 4.78 is 0. The molecule has 2 aliphatic heterocycles. The molecule has 1 saturated carbocycles. The molecular formula is C14H24N2O. The van der Waals surface area contributed by atoms with Crippen molar-refractivity contribution in [2.75, 3.05) is 13.1 Å². The van der Waals surface area contributed by atoms with E-state index in [2.05, 4.69) is 10.2 Å². The first-order chi connectivity index (χ1) is 8.36. The maximum atomic E-state index is 12.6. The third-order valence-electron chi connectivity index (χ3n) is 4.88. The minimum Gasteiger partial charge on any atom is -0.338 e. The summed E-state index contributed by atoms with van der Waals surface area (Å²) in [6.45, 7) is 2.04. The first-order valence-corrected chi connectivity index (χ1v) is 7.40. The van der Waals surface area contributed by atoms with E-state index in [1.807, 2.05) is 0 Å². The number of hydrogen-bond donors (Lipinski definition) is 1. The molecular weight excluding hydrogens is 212 g/mol. The SMILES string of the molecule is O=C([C@@H]1CCCCN1)N1CCCC2CCCC21. The smallest absolute Gasteiger partial charge is 0.239 e. The molecule has 96 valence electrons. The summed E-state index contributed by atoms with van der Waals surface area (Å²) in [5, 5.41) is 3.40. The number of fused-ring (bicyclic) bond motifs is 1. The van der Waals surface area contributed by atoms with Gasteiger partial charge in [-0.1, -0.05) is 12.8 Å². The van der Waals surface area contributed by atoms with Gasteiger partial charge in [0, 0.05) is 12.6 Å². The molecule has 3 heteroatoms. The lowest BCUT2D eigenvalue weighted by atomic mass is 9.91. The molecule has 2 unspecified atom stereocenters. The molecule has 3 rings (SSSR count). The molecule has 2 saturated heterocycles. The Morgan fingerprint density at radius 3 is 2.71 bits per heavy atom. The summed E-state index contributed by atoms with van der Waals surface area (Å²) in [5.41, 5.74) is 0. The molecule has 17 heavy (non-hydrogen) atoms. The largest absolute Gasteiger partial charge is 0.338 e. The molecule has 0 bridgehead atoms. The second-order valence-electron chi connectivity index (χ2n) is 5.93. The highest BCUT2D eigenvalue weighted by molar-refractivity contribution is 5.82. The predicted molar refractivity (Wildman–Crippen MR) is 67.7 cm³/mol. The lowest BCUT2D eigenvalue weighted by Crippen LogP contribution is -2.54. The number of rotatable bonds is 1. The van der Waals surface area contributed by atoms with E-state index in [9.17, 15) is 4.79 Å². The molecule has 0 aromatic rings. The molecule has 3 aliphatic rings. The van der Waals surface area contributed by atoms with Crippen LogP contribution in [-0.4, -0.2) is 36.0 Å². The van der Waals surface area contributed by atoms with Gasteiger partial charge in [-0.15, -0.1) is 0 Å². The van der Waals surface area contributed by atoms with Gasteiger partial charge in [-0.3, -0.25) is 4.79 Å². The number of nitrogens with one attached hydrogen (secondary N) is 1. The van der Waals surface area contributed by atoms with Gasteiger partial charge in [-0.05, 0) is 51.0 Å². The van der Waals surface area contributed by atoms with Gasteiger partial charge in [-0.2, -0.15) is 0 Å². The number of hydrogen-bond acceptors (Lipinski definition) is 2. The zero-order valence-electron chi connectivity index (χ0n) is 10.7. The maximum Gasteiger partial charge on any atom is 0.239 e. The maximum absolute atomic E-state index is 12.6. The van der Waals surface area contributed by atoms with Crippen LogP contribution < -0.4 is 5.32 Å². The molecule has 3 nitrogen and oxygen atoms in total. The molecule has 0 aromatic carbocycles. The van der Waals surface area contributed by atoms with Crippen LogP contribution in [0.5, 0.6) is 0 Å². The van der Waals surface area contributed by atoms with Gasteiger partial charge in [0.25, 0.3) is 0 Å². The van der Waals surface area contributed by atoms with Crippen molar-refractivity contribution < 1.29 is 4.79 Å². The minimum atomic E-state index is 0.128. The number of amides is 1. The Morgan fingerprint density at radius 2 is 1.88 bits per heavy atom. The number of likely N-dealkylation sites (tertiary alicyclic amines) is 1. The third kappa shape index (κ3) is 2.22. The van der Waals surface area contributed by atoms with E-state index >= 15 is 0 Å². The second-order valence-corrected chi connectivity index (χ2v) is 5.93. The van der Waals surface area contributed by atoms with Crippen molar-refractivity contribution in [1.82, 2.24) is 10.2 Å². The Labute approximate surface area is 104 Å². The van der Waals surface area contributed by atoms with Crippen molar-refractivity contribution >= 4 is 5.91 Å². The Kier molecular flexibility index (Phi) is 3.37. The van der Waals surface area contributed by atoms with E-state index in [1.165, 1.54) is 44.9 Å². The topological polar surface area (TPSA) is 32.3 Å². The highest BCUT2D eigenvalue weighted by Gasteiger charge is 2.39. The standard InChI is InChI=1S/C14H24N2O/c17-14(12-7-1-2-9-15-12)16-10-4-6-11-5-3-8-13(11)16/h11-13,15H,1-10H2/t11?,12-,13?/m0/s1. The van der Waals surface area contributed by atoms with Crippen LogP contribution in [0.4, 0.5) is 0 Å². The number of nitrogens with zero attached hydrogens (tertiary/aromatic N) is 1. The molecule has 2 heterocycles. The van der Waals surface area contributed by atoms with Gasteiger partial charge >= 0.3 is 0 Å². The van der Waals surface area contributed by atoms with Gasteiger partial charge in [0.1, 0.15) is 0 Å². The van der Waals surface area contributed by atoms with Gasteiger partial charge in [0.05, 0.1) is 6.04 Å². The zero-order valence-corrected chi connectivity index (χ0v) is 10.7. The van der Waals surface area contributed by atoms with E-state index in [-0.39, 0.29) is 6.04 Å². The van der Waals surface area contributed by atoms with Crippen molar-refractivity contribution in [2.24, 2.45) is 5.92 Å². The second kappa shape index (κ2) is 4.97. The molecule has 0 spiro atoms. The number of carbonyl (C=O) groups is 1. The van der Waals surface area contributed by atoms with Crippen LogP contribution in [0.25, 0.3) is 0 Å². The van der Waals surface area contributed by atoms with Crippen LogP contribution in [0, 0.1) is 5.92 Å². The van der Waals surface area contributed by atoms with Crippen LogP contribution in [0.2, 0.25) is 0 Å². The molecule has 0 aromatic heterocycles. The monoisotopic (exact) mass is 236 g/mol. The first kappa shape index (κ1) is 11.5. The first-order valence-electron chi connectivity index (χ1n) is 7.40. The summed E-state index contributed by atoms with van der Waals surface area (Å²) >= 11 is 0. The summed E-state index contributed by atoms with van der Waals surface area (Å²) in [6, 6.07) is 0.711. The van der Waals surface area contributed by atoms with Gasteiger partial charge in [0.2, 0.25) is 5.91 Å². The molecule has 1 amide bonds. The van der Waals surface area contributed by atoms with E-state index < -0.39 is 0 Å². The van der Waals surface area contributed by atoms with E-state index in [0.29, 0.717) is 11.9 Å². The van der Waals surface area contributed by atoms with Crippen molar-refractivity contribution in [3.63, 3.8) is 0 Å². The van der Waals surface area contributed by atoms with E-state index in [0.717, 1.165) is 25.4 Å². The average molecular weight is 236 g/mol. The summed E-state index contributed by atoms with van der Waals surface area (Å²) in [6.07, 6.45) is 10.0. The van der Waals surface area contributed by atoms with E-state index in [1.54, 1.807) is 0 Å². The fraction of sp³-hybridized carbons (Fsp3) is 0.929. The Balaban J connectivity index is 1.67. The highest BCUT2D eigenvalue weighted by atomic mass is 16.2. The average Bonchev–Trinajstić information content (AvgIpc) is 2.87. The van der Waals surface area contributed by atoms with Crippen molar-refractivity contribution in [3.05, 3.63) is 0 Å². The van der Waals surface area contributed by atoms with Crippen LogP contribution in [-0.2, 0) is 4.79 Å². The van der Waals surface area contributed by atoms with Crippen LogP contribution in [0.3, 0.4) is 0 Å². The third-order valence-corrected chi connectivity index (χ3v) is 4.88. The highest BCUT2D eigenvalue weighted by Crippen LogP contribution is 2.37. The molecule has 1 N–H and O–H groups in total. The molecule has 3 fully saturated rings. The van der Waals surface area contributed by atoms with Gasteiger partial charge < -0.3 is 10.2 Å². The zero-order chi connectivity index (χ0) is 11.7. The fourth-order valence-electron chi connectivity index (χ4n) is 3.99. The van der Waals surface area contributed by atoms with Crippen molar-refractivity contribution in [2.45, 2.75) is 63.5 Å². The summed E-state index contributed by atoms with van der Waals surface area (Å²) in [4.78, 5) is 14.8. The lowest BCUT2D eigenvalue weighted by Gasteiger charge is -2.40. The lowest BCUT2D eigenvalue weighted by molar-refractivity contribution is -0.138. The quantitative estimate of drug-likeness (QED) is 0.754. The Bertz CT molecular complexity index is 286. The Hall–Kier alpha value is -0.570. The molecule has 0 radical (unpaired) electrons. The summed E-state index contributed by atoms with van der Waals surface area (Å²) in [5.74, 6) is 1.22. The minimum absolute atomic E-state index is 0.128. The Morgan fingerprint density at radius 1 is 1.00 bits per heavy atom. The predicted octanol–water partition coefficient (Wildman–Crippen LogP) is 1.92. The molecule has 1 aliphatic carbocycles. The van der Waals surface area contributed by atoms with Crippen LogP contribution in [0.15, 0.2) is 0 Å². The summed E-state index contributed by atoms with van der Waals surface area (Å²) in [7, 11) is 0. The van der Waals surface area contributed by atoms with Crippen molar-refractivity contribution in [1.29, 1.82) is 0 Å². The van der Waals surface area contributed by atoms with Crippen LogP contribution in [0.1, 0.15) is 51.4 Å². The normalized spacial score (nSPS) is 37.9. The van der Waals surface area contributed by atoms with Gasteiger partial charge in [0.15, 0.2) is 0 Å². The van der Waals surface area contributed by atoms with E-state index in [4.69, 9.17) is 0 Å².